The predicted molar refractivity (Wildman–Crippen MR) is 80.4 cm³/mol. The maximum atomic E-state index is 11.7. The zero-order valence-electron chi connectivity index (χ0n) is 12.2. The number of nitrogens with one attached hydrogen (secondary N) is 1. The van der Waals surface area contributed by atoms with Crippen molar-refractivity contribution >= 4 is 16.9 Å². The second kappa shape index (κ2) is 6.28. The molecule has 1 N–H and O–H groups in total. The van der Waals surface area contributed by atoms with Gasteiger partial charge in [-0.2, -0.15) is 0 Å². The number of hydrogen-bond donors (Lipinski definition) is 1. The Morgan fingerprint density at radius 1 is 1.33 bits per heavy atom. The molecule has 2 heterocycles. The van der Waals surface area contributed by atoms with Crippen LogP contribution in [0.2, 0.25) is 0 Å². The number of nitrogens with zero attached hydrogens (tertiary/aromatic N) is 1. The summed E-state index contributed by atoms with van der Waals surface area (Å²) in [6.07, 6.45) is 0. The first-order chi connectivity index (χ1) is 10.3. The lowest BCUT2D eigenvalue weighted by molar-refractivity contribution is 0.0342. The molecular weight excluding hydrogens is 268 g/mol. The summed E-state index contributed by atoms with van der Waals surface area (Å²) in [7, 11) is 0. The van der Waals surface area contributed by atoms with Crippen molar-refractivity contribution in [1.82, 2.24) is 9.88 Å². The second-order valence-corrected chi connectivity index (χ2v) is 5.21. The Balaban J connectivity index is 1.77. The number of esters is 1. The molecule has 5 heteroatoms. The summed E-state index contributed by atoms with van der Waals surface area (Å²) >= 11 is 0. The standard InChI is InChI=1S/C16H20N2O3/c1-2-21-16(19)15-10-13-9-12(3-4-14(13)17-15)11-18-5-7-20-8-6-18/h3-4,9-10,17H,2,5-8,11H2,1H3. The van der Waals surface area contributed by atoms with Crippen molar-refractivity contribution in [2.75, 3.05) is 32.9 Å². The van der Waals surface area contributed by atoms with Gasteiger partial charge >= 0.3 is 5.97 Å². The van der Waals surface area contributed by atoms with Crippen LogP contribution in [0.1, 0.15) is 23.0 Å². The Morgan fingerprint density at radius 2 is 2.14 bits per heavy atom. The fourth-order valence-corrected chi connectivity index (χ4v) is 2.62. The summed E-state index contributed by atoms with van der Waals surface area (Å²) in [5.41, 5.74) is 2.72. The van der Waals surface area contributed by atoms with Crippen molar-refractivity contribution in [3.63, 3.8) is 0 Å². The topological polar surface area (TPSA) is 54.6 Å². The highest BCUT2D eigenvalue weighted by atomic mass is 16.5. The molecule has 0 amide bonds. The van der Waals surface area contributed by atoms with E-state index < -0.39 is 0 Å². The summed E-state index contributed by atoms with van der Waals surface area (Å²) in [5.74, 6) is -0.302. The molecule has 0 unspecified atom stereocenters. The van der Waals surface area contributed by atoms with Crippen LogP contribution < -0.4 is 0 Å². The van der Waals surface area contributed by atoms with Crippen LogP contribution in [0.5, 0.6) is 0 Å². The molecule has 1 aromatic carbocycles. The lowest BCUT2D eigenvalue weighted by atomic mass is 10.1. The van der Waals surface area contributed by atoms with Crippen molar-refractivity contribution in [1.29, 1.82) is 0 Å². The van der Waals surface area contributed by atoms with Crippen LogP contribution >= 0.6 is 0 Å². The highest BCUT2D eigenvalue weighted by Gasteiger charge is 2.13. The highest BCUT2D eigenvalue weighted by Crippen LogP contribution is 2.19. The molecule has 0 spiro atoms. The van der Waals surface area contributed by atoms with Gasteiger partial charge in [-0.25, -0.2) is 4.79 Å². The molecule has 0 saturated carbocycles. The Morgan fingerprint density at radius 3 is 2.90 bits per heavy atom. The summed E-state index contributed by atoms with van der Waals surface area (Å²) in [5, 5.41) is 1.05. The fourth-order valence-electron chi connectivity index (χ4n) is 2.62. The van der Waals surface area contributed by atoms with Crippen LogP contribution in [0.25, 0.3) is 10.9 Å². The van der Waals surface area contributed by atoms with E-state index in [4.69, 9.17) is 9.47 Å². The quantitative estimate of drug-likeness (QED) is 0.876. The number of carbonyl (C=O) groups is 1. The van der Waals surface area contributed by atoms with E-state index in [1.54, 1.807) is 6.92 Å². The molecule has 1 aromatic heterocycles. The minimum Gasteiger partial charge on any atom is -0.461 e. The van der Waals surface area contributed by atoms with E-state index in [1.807, 2.05) is 12.1 Å². The molecule has 1 fully saturated rings. The number of aromatic nitrogens is 1. The zero-order chi connectivity index (χ0) is 14.7. The smallest absolute Gasteiger partial charge is 0.354 e. The number of ether oxygens (including phenoxy) is 2. The van der Waals surface area contributed by atoms with Gasteiger partial charge in [0.1, 0.15) is 5.69 Å². The number of rotatable bonds is 4. The van der Waals surface area contributed by atoms with E-state index >= 15 is 0 Å². The van der Waals surface area contributed by atoms with Crippen molar-refractivity contribution in [3.8, 4) is 0 Å². The van der Waals surface area contributed by atoms with Gasteiger partial charge in [0.2, 0.25) is 0 Å². The summed E-state index contributed by atoms with van der Waals surface area (Å²) < 4.78 is 10.4. The van der Waals surface area contributed by atoms with Crippen LogP contribution in [0, 0.1) is 0 Å². The largest absolute Gasteiger partial charge is 0.461 e. The predicted octanol–water partition coefficient (Wildman–Crippen LogP) is 2.18. The molecule has 2 aromatic rings. The first kappa shape index (κ1) is 14.1. The average Bonchev–Trinajstić information content (AvgIpc) is 2.92. The maximum absolute atomic E-state index is 11.7. The maximum Gasteiger partial charge on any atom is 0.354 e. The van der Waals surface area contributed by atoms with Crippen molar-refractivity contribution in [2.45, 2.75) is 13.5 Å². The van der Waals surface area contributed by atoms with Gasteiger partial charge in [0.25, 0.3) is 0 Å². The molecule has 3 rings (SSSR count). The highest BCUT2D eigenvalue weighted by molar-refractivity contribution is 5.94. The minimum absolute atomic E-state index is 0.302. The molecule has 1 aliphatic heterocycles. The van der Waals surface area contributed by atoms with E-state index in [9.17, 15) is 4.79 Å². The van der Waals surface area contributed by atoms with Gasteiger partial charge in [-0.15, -0.1) is 0 Å². The zero-order valence-corrected chi connectivity index (χ0v) is 12.2. The Kier molecular flexibility index (Phi) is 4.22. The molecule has 21 heavy (non-hydrogen) atoms. The van der Waals surface area contributed by atoms with Gasteiger partial charge in [-0.05, 0) is 30.7 Å². The number of benzene rings is 1. The van der Waals surface area contributed by atoms with Gasteiger partial charge in [-0.1, -0.05) is 6.07 Å². The van der Waals surface area contributed by atoms with Gasteiger partial charge in [-0.3, -0.25) is 4.90 Å². The van der Waals surface area contributed by atoms with Crippen LogP contribution in [0.4, 0.5) is 0 Å². The Bertz CT molecular complexity index is 629. The molecular formula is C16H20N2O3. The van der Waals surface area contributed by atoms with Gasteiger partial charge < -0.3 is 14.5 Å². The third kappa shape index (κ3) is 3.25. The second-order valence-electron chi connectivity index (χ2n) is 5.21. The lowest BCUT2D eigenvalue weighted by Crippen LogP contribution is -2.35. The lowest BCUT2D eigenvalue weighted by Gasteiger charge is -2.26. The molecule has 0 atom stereocenters. The van der Waals surface area contributed by atoms with Gasteiger partial charge in [0, 0.05) is 30.5 Å². The van der Waals surface area contributed by atoms with Crippen LogP contribution in [0.3, 0.4) is 0 Å². The van der Waals surface area contributed by atoms with Crippen molar-refractivity contribution in [3.05, 3.63) is 35.5 Å². The summed E-state index contributed by atoms with van der Waals surface area (Å²) in [6.45, 7) is 6.66. The van der Waals surface area contributed by atoms with E-state index in [1.165, 1.54) is 5.56 Å². The Hall–Kier alpha value is -1.85. The molecule has 0 bridgehead atoms. The SMILES string of the molecule is CCOC(=O)c1cc2cc(CN3CCOCC3)ccc2[nH]1. The van der Waals surface area contributed by atoms with Gasteiger partial charge in [0.15, 0.2) is 0 Å². The number of H-pyrrole nitrogens is 1. The molecule has 1 saturated heterocycles. The van der Waals surface area contributed by atoms with E-state index in [0.717, 1.165) is 43.8 Å². The number of aromatic amines is 1. The van der Waals surface area contributed by atoms with Crippen molar-refractivity contribution in [2.24, 2.45) is 0 Å². The van der Waals surface area contributed by atoms with E-state index in [0.29, 0.717) is 12.3 Å². The number of fused-ring (bicyclic) bond motifs is 1. The van der Waals surface area contributed by atoms with E-state index in [-0.39, 0.29) is 5.97 Å². The molecule has 5 nitrogen and oxygen atoms in total. The molecule has 0 aliphatic carbocycles. The monoisotopic (exact) mass is 288 g/mol. The van der Waals surface area contributed by atoms with Crippen molar-refractivity contribution < 1.29 is 14.3 Å². The number of carbonyl (C=O) groups excluding carboxylic acids is 1. The van der Waals surface area contributed by atoms with Crippen LogP contribution in [-0.2, 0) is 16.0 Å². The Labute approximate surface area is 123 Å². The number of hydrogen-bond acceptors (Lipinski definition) is 4. The molecule has 1 aliphatic rings. The molecule has 112 valence electrons. The summed E-state index contributed by atoms with van der Waals surface area (Å²) in [4.78, 5) is 17.2. The van der Waals surface area contributed by atoms with Crippen LogP contribution in [-0.4, -0.2) is 48.8 Å². The van der Waals surface area contributed by atoms with Gasteiger partial charge in [0.05, 0.1) is 19.8 Å². The first-order valence-electron chi connectivity index (χ1n) is 7.35. The minimum atomic E-state index is -0.302. The normalized spacial score (nSPS) is 16.2. The number of morpholine rings is 1. The van der Waals surface area contributed by atoms with E-state index in [2.05, 4.69) is 22.0 Å². The third-order valence-electron chi connectivity index (χ3n) is 3.69. The molecule has 0 radical (unpaired) electrons. The fraction of sp³-hybridized carbons (Fsp3) is 0.438. The van der Waals surface area contributed by atoms with Crippen LogP contribution in [0.15, 0.2) is 24.3 Å². The third-order valence-corrected chi connectivity index (χ3v) is 3.69. The summed E-state index contributed by atoms with van der Waals surface area (Å²) in [6, 6.07) is 8.11. The average molecular weight is 288 g/mol. The first-order valence-corrected chi connectivity index (χ1v) is 7.35.